The normalized spacial score (nSPS) is 19.9. The Kier molecular flexibility index (Phi) is 5.09. The molecule has 0 atom stereocenters. The molecule has 0 amide bonds. The first-order valence-electron chi connectivity index (χ1n) is 5.79. The van der Waals surface area contributed by atoms with Crippen molar-refractivity contribution >= 4 is 8.72 Å². The molecular formula is C10H23NO2Si. The number of rotatable bonds is 5. The molecule has 0 radical (unpaired) electrons. The zero-order chi connectivity index (χ0) is 10.4. The lowest BCUT2D eigenvalue weighted by atomic mass is 10.0. The molecule has 0 unspecified atom stereocenters. The largest absolute Gasteiger partial charge is 0.425 e. The number of hydrogen-bond acceptors (Lipinski definition) is 3. The van der Waals surface area contributed by atoms with Crippen molar-refractivity contribution < 1.29 is 8.85 Å². The van der Waals surface area contributed by atoms with E-state index < -0.39 is 8.72 Å². The maximum absolute atomic E-state index is 6.29. The van der Waals surface area contributed by atoms with Crippen molar-refractivity contribution in [3.05, 3.63) is 0 Å². The summed E-state index contributed by atoms with van der Waals surface area (Å²) in [5.74, 6) is 0. The zero-order valence-electron chi connectivity index (χ0n) is 9.42. The van der Waals surface area contributed by atoms with Gasteiger partial charge in [0.2, 0.25) is 0 Å². The van der Waals surface area contributed by atoms with Crippen LogP contribution in [0.3, 0.4) is 0 Å². The van der Waals surface area contributed by atoms with Crippen molar-refractivity contribution in [2.75, 3.05) is 13.2 Å². The SMILES string of the molecule is CCO[Si](N)(OCC)C1CCCCC1. The average Bonchev–Trinajstić information content (AvgIpc) is 2.20. The Morgan fingerprint density at radius 3 is 2.00 bits per heavy atom. The van der Waals surface area contributed by atoms with Crippen molar-refractivity contribution in [2.45, 2.75) is 51.5 Å². The van der Waals surface area contributed by atoms with Crippen LogP contribution >= 0.6 is 0 Å². The van der Waals surface area contributed by atoms with E-state index in [9.17, 15) is 0 Å². The smallest absolute Gasteiger partial charge is 0.383 e. The molecule has 0 saturated heterocycles. The molecule has 1 aliphatic rings. The Morgan fingerprint density at radius 1 is 1.07 bits per heavy atom. The van der Waals surface area contributed by atoms with Crippen LogP contribution in [0.4, 0.5) is 0 Å². The molecule has 1 aliphatic carbocycles. The summed E-state index contributed by atoms with van der Waals surface area (Å²) in [6.45, 7) is 5.35. The van der Waals surface area contributed by atoms with Crippen molar-refractivity contribution in [1.82, 2.24) is 0 Å². The fourth-order valence-electron chi connectivity index (χ4n) is 2.23. The molecule has 1 rings (SSSR count). The molecule has 0 heterocycles. The molecule has 2 N–H and O–H groups in total. The maximum atomic E-state index is 6.29. The Bertz CT molecular complexity index is 154. The molecule has 0 aromatic rings. The summed E-state index contributed by atoms with van der Waals surface area (Å²) in [7, 11) is -2.35. The van der Waals surface area contributed by atoms with E-state index in [4.69, 9.17) is 14.3 Å². The molecule has 84 valence electrons. The van der Waals surface area contributed by atoms with Gasteiger partial charge < -0.3 is 14.3 Å². The lowest BCUT2D eigenvalue weighted by Crippen LogP contribution is -2.56. The minimum Gasteiger partial charge on any atom is -0.383 e. The van der Waals surface area contributed by atoms with Gasteiger partial charge in [0.15, 0.2) is 0 Å². The third-order valence-corrected chi connectivity index (χ3v) is 6.11. The van der Waals surface area contributed by atoms with Crippen LogP contribution in [0.2, 0.25) is 5.54 Å². The Balaban J connectivity index is 2.54. The highest BCUT2D eigenvalue weighted by atomic mass is 28.4. The highest BCUT2D eigenvalue weighted by Gasteiger charge is 2.42. The molecule has 4 heteroatoms. The van der Waals surface area contributed by atoms with Gasteiger partial charge in [-0.15, -0.1) is 0 Å². The Morgan fingerprint density at radius 2 is 1.57 bits per heavy atom. The van der Waals surface area contributed by atoms with Crippen LogP contribution in [0.25, 0.3) is 0 Å². The van der Waals surface area contributed by atoms with E-state index in [1.54, 1.807) is 0 Å². The van der Waals surface area contributed by atoms with Crippen molar-refractivity contribution in [3.63, 3.8) is 0 Å². The van der Waals surface area contributed by atoms with Gasteiger partial charge in [-0.2, -0.15) is 0 Å². The van der Waals surface area contributed by atoms with Gasteiger partial charge in [-0.1, -0.05) is 19.3 Å². The van der Waals surface area contributed by atoms with Crippen LogP contribution in [-0.4, -0.2) is 21.9 Å². The summed E-state index contributed by atoms with van der Waals surface area (Å²) in [5, 5.41) is 6.29. The second kappa shape index (κ2) is 5.85. The maximum Gasteiger partial charge on any atom is 0.425 e. The predicted octanol–water partition coefficient (Wildman–Crippen LogP) is 2.29. The molecule has 0 aliphatic heterocycles. The Labute approximate surface area is 88.3 Å². The van der Waals surface area contributed by atoms with Crippen LogP contribution in [0.5, 0.6) is 0 Å². The van der Waals surface area contributed by atoms with E-state index in [2.05, 4.69) is 0 Å². The fourth-order valence-corrected chi connectivity index (χ4v) is 4.90. The summed E-state index contributed by atoms with van der Waals surface area (Å²) in [4.78, 5) is 0. The van der Waals surface area contributed by atoms with E-state index in [1.807, 2.05) is 13.8 Å². The van der Waals surface area contributed by atoms with Crippen molar-refractivity contribution in [1.29, 1.82) is 0 Å². The topological polar surface area (TPSA) is 44.5 Å². The highest BCUT2D eigenvalue weighted by Crippen LogP contribution is 2.35. The molecule has 0 bridgehead atoms. The summed E-state index contributed by atoms with van der Waals surface area (Å²) < 4.78 is 11.4. The van der Waals surface area contributed by atoms with Crippen LogP contribution in [0.15, 0.2) is 0 Å². The lowest BCUT2D eigenvalue weighted by molar-refractivity contribution is 0.165. The molecule has 3 nitrogen and oxygen atoms in total. The summed E-state index contributed by atoms with van der Waals surface area (Å²) in [6.07, 6.45) is 6.32. The molecule has 0 aromatic carbocycles. The van der Waals surface area contributed by atoms with Crippen LogP contribution in [-0.2, 0) is 8.85 Å². The van der Waals surface area contributed by atoms with Crippen molar-refractivity contribution in [3.8, 4) is 0 Å². The summed E-state index contributed by atoms with van der Waals surface area (Å²) in [6, 6.07) is 0. The molecule has 0 spiro atoms. The second-order valence-corrected chi connectivity index (χ2v) is 6.76. The van der Waals surface area contributed by atoms with E-state index in [0.717, 1.165) is 0 Å². The molecular weight excluding hydrogens is 194 g/mol. The fraction of sp³-hybridized carbons (Fsp3) is 1.00. The van der Waals surface area contributed by atoms with Gasteiger partial charge in [0.25, 0.3) is 0 Å². The number of nitrogens with two attached hydrogens (primary N) is 1. The zero-order valence-corrected chi connectivity index (χ0v) is 10.4. The monoisotopic (exact) mass is 217 g/mol. The quantitative estimate of drug-likeness (QED) is 0.719. The minimum atomic E-state index is -2.35. The first-order valence-corrected chi connectivity index (χ1v) is 7.76. The van der Waals surface area contributed by atoms with Crippen LogP contribution < -0.4 is 5.40 Å². The predicted molar refractivity (Wildman–Crippen MR) is 60.0 cm³/mol. The van der Waals surface area contributed by atoms with Crippen LogP contribution in [0, 0.1) is 0 Å². The lowest BCUT2D eigenvalue weighted by Gasteiger charge is -2.34. The van der Waals surface area contributed by atoms with Gasteiger partial charge in [-0.3, -0.25) is 0 Å². The molecule has 1 fully saturated rings. The van der Waals surface area contributed by atoms with Gasteiger partial charge in [0.05, 0.1) is 0 Å². The first kappa shape index (κ1) is 12.2. The highest BCUT2D eigenvalue weighted by molar-refractivity contribution is 6.65. The summed E-state index contributed by atoms with van der Waals surface area (Å²) >= 11 is 0. The van der Waals surface area contributed by atoms with E-state index in [-0.39, 0.29) is 0 Å². The third kappa shape index (κ3) is 3.05. The average molecular weight is 217 g/mol. The van der Waals surface area contributed by atoms with Gasteiger partial charge in [0, 0.05) is 18.8 Å². The molecule has 1 saturated carbocycles. The minimum absolute atomic E-state index is 0.510. The van der Waals surface area contributed by atoms with E-state index in [1.165, 1.54) is 32.1 Å². The van der Waals surface area contributed by atoms with Gasteiger partial charge in [-0.25, -0.2) is 0 Å². The van der Waals surface area contributed by atoms with Gasteiger partial charge in [-0.05, 0) is 26.7 Å². The Hall–Kier alpha value is 0.0969. The molecule has 14 heavy (non-hydrogen) atoms. The number of hydrogen-bond donors (Lipinski definition) is 1. The van der Waals surface area contributed by atoms with Crippen molar-refractivity contribution in [2.24, 2.45) is 5.40 Å². The van der Waals surface area contributed by atoms with Crippen LogP contribution in [0.1, 0.15) is 46.0 Å². The van der Waals surface area contributed by atoms with Gasteiger partial charge in [0.1, 0.15) is 0 Å². The second-order valence-electron chi connectivity index (χ2n) is 3.92. The third-order valence-electron chi connectivity index (χ3n) is 2.91. The summed E-state index contributed by atoms with van der Waals surface area (Å²) in [5.41, 5.74) is 0.510. The van der Waals surface area contributed by atoms with E-state index in [0.29, 0.717) is 18.8 Å². The standard InChI is InChI=1S/C10H23NO2Si/c1-3-12-14(11,13-4-2)10-8-6-5-7-9-10/h10H,3-9,11H2,1-2H3. The molecule has 0 aromatic heterocycles. The van der Waals surface area contributed by atoms with E-state index >= 15 is 0 Å². The first-order chi connectivity index (χ1) is 6.73. The van der Waals surface area contributed by atoms with Gasteiger partial charge >= 0.3 is 8.72 Å².